The molecule has 0 aromatic carbocycles. The molecule has 0 aromatic heterocycles. The number of rotatable bonds is 6. The van der Waals surface area contributed by atoms with Crippen molar-refractivity contribution in [1.82, 2.24) is 5.32 Å². The number of esters is 1. The molecular weight excluding hydrogens is 226 g/mol. The SMILES string of the molecule is CCCC(NC1CCC(C)C(C)C1)C(=O)OCC. The summed E-state index contributed by atoms with van der Waals surface area (Å²) in [6.45, 7) is 9.09. The number of ether oxygens (including phenoxy) is 1. The van der Waals surface area contributed by atoms with Gasteiger partial charge >= 0.3 is 5.97 Å². The number of hydrogen-bond donors (Lipinski definition) is 1. The van der Waals surface area contributed by atoms with Crippen LogP contribution in [0.2, 0.25) is 0 Å². The van der Waals surface area contributed by atoms with Crippen molar-refractivity contribution in [3.05, 3.63) is 0 Å². The predicted molar refractivity (Wildman–Crippen MR) is 74.4 cm³/mol. The quantitative estimate of drug-likeness (QED) is 0.741. The van der Waals surface area contributed by atoms with Gasteiger partial charge in [0.05, 0.1) is 6.61 Å². The van der Waals surface area contributed by atoms with E-state index in [1.165, 1.54) is 19.3 Å². The summed E-state index contributed by atoms with van der Waals surface area (Å²) in [4.78, 5) is 11.9. The van der Waals surface area contributed by atoms with Crippen molar-refractivity contribution in [3.8, 4) is 0 Å². The Balaban J connectivity index is 2.47. The maximum atomic E-state index is 11.9. The first-order chi connectivity index (χ1) is 8.58. The highest BCUT2D eigenvalue weighted by Crippen LogP contribution is 2.29. The molecule has 0 amide bonds. The van der Waals surface area contributed by atoms with Gasteiger partial charge in [-0.25, -0.2) is 0 Å². The van der Waals surface area contributed by atoms with Gasteiger partial charge in [0.15, 0.2) is 0 Å². The van der Waals surface area contributed by atoms with E-state index in [1.807, 2.05) is 6.92 Å². The van der Waals surface area contributed by atoms with Crippen LogP contribution in [0, 0.1) is 11.8 Å². The minimum atomic E-state index is -0.111. The predicted octanol–water partition coefficient (Wildman–Crippen LogP) is 3.13. The Labute approximate surface area is 112 Å². The smallest absolute Gasteiger partial charge is 0.323 e. The molecule has 1 rings (SSSR count). The van der Waals surface area contributed by atoms with Gasteiger partial charge in [0.1, 0.15) is 6.04 Å². The third kappa shape index (κ3) is 4.60. The molecule has 1 saturated carbocycles. The molecule has 0 radical (unpaired) electrons. The van der Waals surface area contributed by atoms with E-state index in [-0.39, 0.29) is 12.0 Å². The number of carbonyl (C=O) groups is 1. The maximum Gasteiger partial charge on any atom is 0.323 e. The van der Waals surface area contributed by atoms with Gasteiger partial charge in [0, 0.05) is 6.04 Å². The molecule has 18 heavy (non-hydrogen) atoms. The summed E-state index contributed by atoms with van der Waals surface area (Å²) in [5, 5.41) is 3.52. The molecule has 0 aromatic rings. The summed E-state index contributed by atoms with van der Waals surface area (Å²) in [5.74, 6) is 1.49. The van der Waals surface area contributed by atoms with Crippen LogP contribution in [0.25, 0.3) is 0 Å². The van der Waals surface area contributed by atoms with Crippen LogP contribution in [0.5, 0.6) is 0 Å². The third-order valence-electron chi connectivity index (χ3n) is 4.18. The number of nitrogens with one attached hydrogen (secondary N) is 1. The van der Waals surface area contributed by atoms with Gasteiger partial charge in [-0.3, -0.25) is 4.79 Å². The maximum absolute atomic E-state index is 11.9. The molecule has 0 saturated heterocycles. The average molecular weight is 255 g/mol. The Bertz CT molecular complexity index is 255. The Kier molecular flexibility index (Phi) is 6.69. The normalized spacial score (nSPS) is 29.9. The molecular formula is C15H29NO2. The van der Waals surface area contributed by atoms with Gasteiger partial charge in [-0.1, -0.05) is 27.2 Å². The molecule has 1 fully saturated rings. The highest BCUT2D eigenvalue weighted by molar-refractivity contribution is 5.75. The van der Waals surface area contributed by atoms with Gasteiger partial charge in [-0.2, -0.15) is 0 Å². The minimum Gasteiger partial charge on any atom is -0.465 e. The lowest BCUT2D eigenvalue weighted by molar-refractivity contribution is -0.146. The molecule has 3 nitrogen and oxygen atoms in total. The van der Waals surface area contributed by atoms with Crippen LogP contribution in [-0.2, 0) is 9.53 Å². The van der Waals surface area contributed by atoms with Gasteiger partial charge in [0.2, 0.25) is 0 Å². The molecule has 3 heteroatoms. The molecule has 1 aliphatic rings. The fourth-order valence-electron chi connectivity index (χ4n) is 2.78. The largest absolute Gasteiger partial charge is 0.465 e. The fourth-order valence-corrected chi connectivity index (χ4v) is 2.78. The lowest BCUT2D eigenvalue weighted by atomic mass is 9.79. The number of carbonyl (C=O) groups excluding carboxylic acids is 1. The second kappa shape index (κ2) is 7.78. The summed E-state index contributed by atoms with van der Waals surface area (Å²) >= 11 is 0. The van der Waals surface area contributed by atoms with Crippen molar-refractivity contribution in [1.29, 1.82) is 0 Å². The molecule has 1 aliphatic carbocycles. The molecule has 0 heterocycles. The second-order valence-corrected chi connectivity index (χ2v) is 5.72. The summed E-state index contributed by atoms with van der Waals surface area (Å²) in [6, 6.07) is 0.373. The van der Waals surface area contributed by atoms with Crippen molar-refractivity contribution >= 4 is 5.97 Å². The highest BCUT2D eigenvalue weighted by atomic mass is 16.5. The van der Waals surface area contributed by atoms with Gasteiger partial charge in [-0.05, 0) is 44.4 Å². The van der Waals surface area contributed by atoms with Crippen molar-refractivity contribution < 1.29 is 9.53 Å². The van der Waals surface area contributed by atoms with Crippen LogP contribution >= 0.6 is 0 Å². The van der Waals surface area contributed by atoms with Crippen LogP contribution in [0.15, 0.2) is 0 Å². The van der Waals surface area contributed by atoms with E-state index in [1.54, 1.807) is 0 Å². The van der Waals surface area contributed by atoms with Gasteiger partial charge < -0.3 is 10.1 Å². The lowest BCUT2D eigenvalue weighted by Crippen LogP contribution is -2.46. The molecule has 1 N–H and O–H groups in total. The first-order valence-corrected chi connectivity index (χ1v) is 7.51. The molecule has 0 aliphatic heterocycles. The third-order valence-corrected chi connectivity index (χ3v) is 4.18. The first-order valence-electron chi connectivity index (χ1n) is 7.51. The van der Waals surface area contributed by atoms with Gasteiger partial charge in [0.25, 0.3) is 0 Å². The van der Waals surface area contributed by atoms with Crippen LogP contribution < -0.4 is 5.32 Å². The molecule has 0 bridgehead atoms. The lowest BCUT2D eigenvalue weighted by Gasteiger charge is -2.34. The van der Waals surface area contributed by atoms with E-state index in [4.69, 9.17) is 4.74 Å². The van der Waals surface area contributed by atoms with E-state index in [2.05, 4.69) is 26.1 Å². The highest BCUT2D eigenvalue weighted by Gasteiger charge is 2.28. The minimum absolute atomic E-state index is 0.0781. The Hall–Kier alpha value is -0.570. The van der Waals surface area contributed by atoms with E-state index in [0.717, 1.165) is 24.7 Å². The molecule has 4 atom stereocenters. The zero-order chi connectivity index (χ0) is 13.5. The van der Waals surface area contributed by atoms with E-state index >= 15 is 0 Å². The van der Waals surface area contributed by atoms with Crippen molar-refractivity contribution in [2.75, 3.05) is 6.61 Å². The summed E-state index contributed by atoms with van der Waals surface area (Å²) in [5.41, 5.74) is 0. The molecule has 4 unspecified atom stereocenters. The molecule has 0 spiro atoms. The van der Waals surface area contributed by atoms with Crippen LogP contribution in [0.3, 0.4) is 0 Å². The fraction of sp³-hybridized carbons (Fsp3) is 0.933. The zero-order valence-corrected chi connectivity index (χ0v) is 12.4. The Morgan fingerprint density at radius 2 is 2.00 bits per heavy atom. The zero-order valence-electron chi connectivity index (χ0n) is 12.4. The monoisotopic (exact) mass is 255 g/mol. The van der Waals surface area contributed by atoms with E-state index in [9.17, 15) is 4.79 Å². The molecule has 106 valence electrons. The van der Waals surface area contributed by atoms with Crippen molar-refractivity contribution in [2.45, 2.75) is 71.9 Å². The van der Waals surface area contributed by atoms with Crippen molar-refractivity contribution in [2.24, 2.45) is 11.8 Å². The summed E-state index contributed by atoms with van der Waals surface area (Å²) < 4.78 is 5.14. The van der Waals surface area contributed by atoms with E-state index < -0.39 is 0 Å². The van der Waals surface area contributed by atoms with Crippen LogP contribution in [-0.4, -0.2) is 24.7 Å². The second-order valence-electron chi connectivity index (χ2n) is 5.72. The standard InChI is InChI=1S/C15H29NO2/c1-5-7-14(15(17)18-6-2)16-13-9-8-11(3)12(4)10-13/h11-14,16H,5-10H2,1-4H3. The van der Waals surface area contributed by atoms with E-state index in [0.29, 0.717) is 12.6 Å². The Morgan fingerprint density at radius 3 is 2.56 bits per heavy atom. The summed E-state index contributed by atoms with van der Waals surface area (Å²) in [7, 11) is 0. The van der Waals surface area contributed by atoms with Crippen LogP contribution in [0.1, 0.15) is 59.8 Å². The topological polar surface area (TPSA) is 38.3 Å². The summed E-state index contributed by atoms with van der Waals surface area (Å²) in [6.07, 6.45) is 5.51. The first kappa shape index (κ1) is 15.5. The van der Waals surface area contributed by atoms with Crippen LogP contribution in [0.4, 0.5) is 0 Å². The number of hydrogen-bond acceptors (Lipinski definition) is 3. The van der Waals surface area contributed by atoms with Crippen molar-refractivity contribution in [3.63, 3.8) is 0 Å². The average Bonchev–Trinajstić information content (AvgIpc) is 2.33. The Morgan fingerprint density at radius 1 is 1.28 bits per heavy atom. The van der Waals surface area contributed by atoms with Gasteiger partial charge in [-0.15, -0.1) is 0 Å².